The lowest BCUT2D eigenvalue weighted by atomic mass is 9.94. The fourth-order valence-corrected chi connectivity index (χ4v) is 4.03. The number of carbonyl (C=O) groups excluding carboxylic acids is 3. The average Bonchev–Trinajstić information content (AvgIpc) is 3.06. The summed E-state index contributed by atoms with van der Waals surface area (Å²) in [4.78, 5) is 42.5. The van der Waals surface area contributed by atoms with Crippen LogP contribution in [0.25, 0.3) is 0 Å². The van der Waals surface area contributed by atoms with Crippen molar-refractivity contribution in [1.29, 1.82) is 0 Å². The van der Waals surface area contributed by atoms with Crippen LogP contribution in [-0.2, 0) is 20.8 Å². The number of nitrogens with zero attached hydrogens (tertiary/aromatic N) is 3. The fourth-order valence-electron chi connectivity index (χ4n) is 4.03. The van der Waals surface area contributed by atoms with Crippen LogP contribution in [0.4, 0.5) is 0 Å². The first-order valence-electron chi connectivity index (χ1n) is 9.77. The van der Waals surface area contributed by atoms with E-state index in [9.17, 15) is 14.4 Å². The molecular weight excluding hydrogens is 342 g/mol. The number of amides is 3. The van der Waals surface area contributed by atoms with E-state index in [4.69, 9.17) is 0 Å². The molecule has 1 unspecified atom stereocenters. The van der Waals surface area contributed by atoms with Crippen molar-refractivity contribution in [2.75, 3.05) is 40.3 Å². The summed E-state index contributed by atoms with van der Waals surface area (Å²) < 4.78 is 0. The topological polar surface area (TPSA) is 60.9 Å². The number of carbonyl (C=O) groups is 3. The molecular formula is C21H29N3O3. The molecule has 0 bridgehead atoms. The van der Waals surface area contributed by atoms with Crippen LogP contribution in [0.5, 0.6) is 0 Å². The zero-order valence-corrected chi connectivity index (χ0v) is 16.3. The van der Waals surface area contributed by atoms with Crippen molar-refractivity contribution in [3.63, 3.8) is 0 Å². The molecule has 0 spiro atoms. The van der Waals surface area contributed by atoms with E-state index in [1.807, 2.05) is 28.0 Å². The second-order valence-corrected chi connectivity index (χ2v) is 7.81. The van der Waals surface area contributed by atoms with Crippen LogP contribution in [0.15, 0.2) is 30.3 Å². The molecule has 6 nitrogen and oxygen atoms in total. The molecule has 0 aliphatic carbocycles. The van der Waals surface area contributed by atoms with E-state index in [-0.39, 0.29) is 29.6 Å². The number of rotatable bonds is 5. The first kappa shape index (κ1) is 19.4. The zero-order chi connectivity index (χ0) is 19.4. The highest BCUT2D eigenvalue weighted by Crippen LogP contribution is 2.25. The molecule has 2 fully saturated rings. The number of benzene rings is 1. The van der Waals surface area contributed by atoms with Crippen molar-refractivity contribution < 1.29 is 14.4 Å². The van der Waals surface area contributed by atoms with Crippen LogP contribution in [0.1, 0.15) is 24.8 Å². The summed E-state index contributed by atoms with van der Waals surface area (Å²) >= 11 is 0. The summed E-state index contributed by atoms with van der Waals surface area (Å²) in [6.07, 6.45) is 2.54. The Labute approximate surface area is 161 Å². The summed E-state index contributed by atoms with van der Waals surface area (Å²) in [6.45, 7) is 2.39. The Morgan fingerprint density at radius 1 is 1.07 bits per heavy atom. The van der Waals surface area contributed by atoms with Crippen molar-refractivity contribution in [3.05, 3.63) is 35.9 Å². The smallest absolute Gasteiger partial charge is 0.227 e. The van der Waals surface area contributed by atoms with Gasteiger partial charge in [0.05, 0.1) is 5.92 Å². The highest BCUT2D eigenvalue weighted by atomic mass is 16.2. The Morgan fingerprint density at radius 3 is 2.37 bits per heavy atom. The maximum absolute atomic E-state index is 12.8. The molecule has 1 aromatic rings. The third kappa shape index (κ3) is 4.67. The van der Waals surface area contributed by atoms with Gasteiger partial charge in [0, 0.05) is 52.6 Å². The molecule has 146 valence electrons. The fraction of sp³-hybridized carbons (Fsp3) is 0.571. The molecule has 3 amide bonds. The molecule has 0 aromatic heterocycles. The largest absolute Gasteiger partial charge is 0.349 e. The Kier molecular flexibility index (Phi) is 6.14. The standard InChI is InChI=1S/C21H29N3O3/c1-22(2)20(26)17-9-12-23(13-10-17)21(27)18-14-19(25)24(15-18)11-8-16-6-4-3-5-7-16/h3-7,17-18H,8-15H2,1-2H3. The predicted octanol–water partition coefficient (Wildman–Crippen LogP) is 1.40. The normalized spacial score (nSPS) is 20.8. The number of piperidine rings is 1. The highest BCUT2D eigenvalue weighted by Gasteiger charge is 2.38. The van der Waals surface area contributed by atoms with E-state index in [1.54, 1.807) is 19.0 Å². The van der Waals surface area contributed by atoms with Gasteiger partial charge in [0.1, 0.15) is 0 Å². The van der Waals surface area contributed by atoms with Gasteiger partial charge in [-0.15, -0.1) is 0 Å². The van der Waals surface area contributed by atoms with Crippen molar-refractivity contribution in [3.8, 4) is 0 Å². The van der Waals surface area contributed by atoms with Gasteiger partial charge in [-0.2, -0.15) is 0 Å². The maximum atomic E-state index is 12.8. The molecule has 27 heavy (non-hydrogen) atoms. The molecule has 0 radical (unpaired) electrons. The Morgan fingerprint density at radius 2 is 1.74 bits per heavy atom. The summed E-state index contributed by atoms with van der Waals surface area (Å²) in [5.41, 5.74) is 1.20. The number of hydrogen-bond acceptors (Lipinski definition) is 3. The maximum Gasteiger partial charge on any atom is 0.227 e. The Bertz CT molecular complexity index is 681. The highest BCUT2D eigenvalue weighted by molar-refractivity contribution is 5.89. The molecule has 2 aliphatic heterocycles. The van der Waals surface area contributed by atoms with Crippen LogP contribution in [0, 0.1) is 11.8 Å². The van der Waals surface area contributed by atoms with Gasteiger partial charge in [0.2, 0.25) is 17.7 Å². The molecule has 2 aliphatic rings. The van der Waals surface area contributed by atoms with Gasteiger partial charge >= 0.3 is 0 Å². The average molecular weight is 371 g/mol. The van der Waals surface area contributed by atoms with Crippen LogP contribution in [-0.4, -0.2) is 72.7 Å². The second-order valence-electron chi connectivity index (χ2n) is 7.81. The van der Waals surface area contributed by atoms with Crippen molar-refractivity contribution >= 4 is 17.7 Å². The lowest BCUT2D eigenvalue weighted by Gasteiger charge is -2.33. The van der Waals surface area contributed by atoms with Crippen LogP contribution in [0.3, 0.4) is 0 Å². The summed E-state index contributed by atoms with van der Waals surface area (Å²) in [5, 5.41) is 0. The lowest BCUT2D eigenvalue weighted by molar-refractivity contribution is -0.141. The summed E-state index contributed by atoms with van der Waals surface area (Å²) in [6, 6.07) is 10.1. The van der Waals surface area contributed by atoms with Crippen LogP contribution in [0.2, 0.25) is 0 Å². The van der Waals surface area contributed by atoms with Gasteiger partial charge < -0.3 is 14.7 Å². The van der Waals surface area contributed by atoms with E-state index in [0.29, 0.717) is 45.4 Å². The van der Waals surface area contributed by atoms with Gasteiger partial charge in [-0.25, -0.2) is 0 Å². The third-order valence-electron chi connectivity index (χ3n) is 5.67. The molecule has 1 atom stereocenters. The predicted molar refractivity (Wildman–Crippen MR) is 103 cm³/mol. The molecule has 6 heteroatoms. The summed E-state index contributed by atoms with van der Waals surface area (Å²) in [7, 11) is 3.54. The SMILES string of the molecule is CN(C)C(=O)C1CCN(C(=O)C2CC(=O)N(CCc3ccccc3)C2)CC1. The van der Waals surface area contributed by atoms with Crippen LogP contribution < -0.4 is 0 Å². The zero-order valence-electron chi connectivity index (χ0n) is 16.3. The third-order valence-corrected chi connectivity index (χ3v) is 5.67. The van der Waals surface area contributed by atoms with Crippen molar-refractivity contribution in [2.24, 2.45) is 11.8 Å². The lowest BCUT2D eigenvalue weighted by Crippen LogP contribution is -2.45. The Hall–Kier alpha value is -2.37. The minimum absolute atomic E-state index is 0.0108. The molecule has 3 rings (SSSR count). The molecule has 2 saturated heterocycles. The molecule has 0 saturated carbocycles. The van der Waals surface area contributed by atoms with E-state index < -0.39 is 0 Å². The van der Waals surface area contributed by atoms with Gasteiger partial charge in [-0.05, 0) is 24.8 Å². The number of hydrogen-bond donors (Lipinski definition) is 0. The second kappa shape index (κ2) is 8.55. The van der Waals surface area contributed by atoms with Crippen molar-refractivity contribution in [1.82, 2.24) is 14.7 Å². The minimum Gasteiger partial charge on any atom is -0.349 e. The molecule has 1 aromatic carbocycles. The Balaban J connectivity index is 1.48. The quantitative estimate of drug-likeness (QED) is 0.786. The minimum atomic E-state index is -0.241. The summed E-state index contributed by atoms with van der Waals surface area (Å²) in [5.74, 6) is 0.0551. The molecule has 0 N–H and O–H groups in total. The van der Waals surface area contributed by atoms with Gasteiger partial charge in [0.15, 0.2) is 0 Å². The van der Waals surface area contributed by atoms with Gasteiger partial charge in [0.25, 0.3) is 0 Å². The van der Waals surface area contributed by atoms with E-state index >= 15 is 0 Å². The van der Waals surface area contributed by atoms with Crippen LogP contribution >= 0.6 is 0 Å². The van der Waals surface area contributed by atoms with E-state index in [0.717, 1.165) is 6.42 Å². The first-order chi connectivity index (χ1) is 13.0. The molecule has 2 heterocycles. The monoisotopic (exact) mass is 371 g/mol. The van der Waals surface area contributed by atoms with Gasteiger partial charge in [-0.3, -0.25) is 14.4 Å². The van der Waals surface area contributed by atoms with E-state index in [2.05, 4.69) is 12.1 Å². The van der Waals surface area contributed by atoms with Gasteiger partial charge in [-0.1, -0.05) is 30.3 Å². The van der Waals surface area contributed by atoms with Crippen molar-refractivity contribution in [2.45, 2.75) is 25.7 Å². The first-order valence-corrected chi connectivity index (χ1v) is 9.77. The number of likely N-dealkylation sites (tertiary alicyclic amines) is 2. The van der Waals surface area contributed by atoms with E-state index in [1.165, 1.54) is 5.56 Å².